The number of nitrogens with one attached hydrogen (secondary N) is 1. The predicted octanol–water partition coefficient (Wildman–Crippen LogP) is 0.988. The number of aryl methyl sites for hydroxylation is 1. The molecular formula is C11H17N3O4. The summed E-state index contributed by atoms with van der Waals surface area (Å²) in [7, 11) is 0. The Morgan fingerprint density at radius 3 is 2.67 bits per heavy atom. The van der Waals surface area contributed by atoms with Gasteiger partial charge in [0.25, 0.3) is 0 Å². The van der Waals surface area contributed by atoms with Gasteiger partial charge in [-0.3, -0.25) is 4.79 Å². The van der Waals surface area contributed by atoms with Crippen molar-refractivity contribution in [3.05, 3.63) is 17.5 Å². The molecule has 1 aromatic rings. The zero-order chi connectivity index (χ0) is 13.7. The molecule has 0 saturated heterocycles. The third-order valence-electron chi connectivity index (χ3n) is 2.28. The number of carbonyl (C=O) groups is 2. The van der Waals surface area contributed by atoms with Gasteiger partial charge in [-0.05, 0) is 20.8 Å². The van der Waals surface area contributed by atoms with Crippen LogP contribution in [0.2, 0.25) is 0 Å². The molecule has 1 heterocycles. The number of aromatic nitrogens is 1. The first-order valence-corrected chi connectivity index (χ1v) is 5.58. The molecule has 100 valence electrons. The monoisotopic (exact) mass is 255 g/mol. The van der Waals surface area contributed by atoms with Crippen LogP contribution in [0.1, 0.15) is 25.3 Å². The van der Waals surface area contributed by atoms with E-state index in [9.17, 15) is 9.59 Å². The fourth-order valence-corrected chi connectivity index (χ4v) is 1.40. The van der Waals surface area contributed by atoms with Crippen molar-refractivity contribution in [3.8, 4) is 0 Å². The first kappa shape index (κ1) is 14.0. The van der Waals surface area contributed by atoms with Crippen LogP contribution in [0.15, 0.2) is 10.6 Å². The lowest BCUT2D eigenvalue weighted by atomic mass is 10.3. The molecular weight excluding hydrogens is 238 g/mol. The summed E-state index contributed by atoms with van der Waals surface area (Å²) in [6, 6.07) is 1.07. The lowest BCUT2D eigenvalue weighted by Crippen LogP contribution is -2.46. The van der Waals surface area contributed by atoms with Crippen molar-refractivity contribution >= 4 is 12.0 Å². The van der Waals surface area contributed by atoms with Crippen LogP contribution in [0.25, 0.3) is 0 Å². The zero-order valence-corrected chi connectivity index (χ0v) is 10.6. The molecule has 0 bridgehead atoms. The summed E-state index contributed by atoms with van der Waals surface area (Å²) in [6.45, 7) is 5.13. The minimum absolute atomic E-state index is 0.183. The number of carboxylic acid groups (broad SMARTS) is 1. The molecule has 1 aromatic heterocycles. The van der Waals surface area contributed by atoms with E-state index in [1.807, 2.05) is 0 Å². The second-order valence-electron chi connectivity index (χ2n) is 4.21. The number of hydrogen-bond acceptors (Lipinski definition) is 4. The van der Waals surface area contributed by atoms with Crippen LogP contribution < -0.4 is 5.32 Å². The summed E-state index contributed by atoms with van der Waals surface area (Å²) in [4.78, 5) is 23.7. The highest BCUT2D eigenvalue weighted by Crippen LogP contribution is 2.03. The number of rotatable bonds is 5. The number of amides is 2. The van der Waals surface area contributed by atoms with E-state index in [2.05, 4.69) is 10.5 Å². The molecule has 7 heteroatoms. The summed E-state index contributed by atoms with van der Waals surface area (Å²) >= 11 is 0. The van der Waals surface area contributed by atoms with Gasteiger partial charge in [-0.25, -0.2) is 4.79 Å². The number of hydrogen-bond donors (Lipinski definition) is 2. The Morgan fingerprint density at radius 1 is 1.56 bits per heavy atom. The smallest absolute Gasteiger partial charge is 0.323 e. The van der Waals surface area contributed by atoms with Gasteiger partial charge in [0.2, 0.25) is 0 Å². The molecule has 0 unspecified atom stereocenters. The molecule has 0 aliphatic rings. The van der Waals surface area contributed by atoms with Crippen LogP contribution in [0.5, 0.6) is 0 Å². The quantitative estimate of drug-likeness (QED) is 0.817. The maximum atomic E-state index is 11.8. The normalized spacial score (nSPS) is 10.4. The van der Waals surface area contributed by atoms with E-state index in [1.54, 1.807) is 26.8 Å². The molecule has 1 rings (SSSR count). The first-order valence-electron chi connectivity index (χ1n) is 5.58. The third-order valence-corrected chi connectivity index (χ3v) is 2.28. The highest BCUT2D eigenvalue weighted by Gasteiger charge is 2.19. The Labute approximate surface area is 105 Å². The molecule has 0 spiro atoms. The van der Waals surface area contributed by atoms with Crippen LogP contribution in [0, 0.1) is 6.92 Å². The molecule has 0 atom stereocenters. The van der Waals surface area contributed by atoms with Crippen LogP contribution >= 0.6 is 0 Å². The van der Waals surface area contributed by atoms with Crippen LogP contribution in [-0.4, -0.2) is 39.8 Å². The van der Waals surface area contributed by atoms with Gasteiger partial charge < -0.3 is 19.8 Å². The minimum atomic E-state index is -1.05. The topological polar surface area (TPSA) is 95.7 Å². The maximum absolute atomic E-state index is 11.8. The van der Waals surface area contributed by atoms with Gasteiger partial charge in [0.1, 0.15) is 6.54 Å². The highest BCUT2D eigenvalue weighted by atomic mass is 16.5. The molecule has 2 amide bonds. The third kappa shape index (κ3) is 4.08. The fourth-order valence-electron chi connectivity index (χ4n) is 1.40. The molecule has 0 fully saturated rings. The highest BCUT2D eigenvalue weighted by molar-refractivity contribution is 5.80. The van der Waals surface area contributed by atoms with Crippen molar-refractivity contribution in [1.29, 1.82) is 0 Å². The number of carboxylic acids is 1. The molecule has 18 heavy (non-hydrogen) atoms. The number of urea groups is 1. The SMILES string of the molecule is Cc1cc(CNC(=O)N(CC(=O)O)C(C)C)on1. The summed E-state index contributed by atoms with van der Waals surface area (Å²) in [5.41, 5.74) is 0.727. The van der Waals surface area contributed by atoms with Crippen molar-refractivity contribution in [1.82, 2.24) is 15.4 Å². The Morgan fingerprint density at radius 2 is 2.22 bits per heavy atom. The largest absolute Gasteiger partial charge is 0.480 e. The Bertz CT molecular complexity index is 428. The number of aliphatic carboxylic acids is 1. The Hall–Kier alpha value is -2.05. The second-order valence-corrected chi connectivity index (χ2v) is 4.21. The van der Waals surface area contributed by atoms with Crippen LogP contribution in [-0.2, 0) is 11.3 Å². The van der Waals surface area contributed by atoms with Gasteiger partial charge in [0.15, 0.2) is 5.76 Å². The molecule has 2 N–H and O–H groups in total. The van der Waals surface area contributed by atoms with E-state index in [1.165, 1.54) is 4.90 Å². The predicted molar refractivity (Wildman–Crippen MR) is 63.0 cm³/mol. The van der Waals surface area contributed by atoms with Gasteiger partial charge in [-0.2, -0.15) is 0 Å². The van der Waals surface area contributed by atoms with Gasteiger partial charge in [-0.15, -0.1) is 0 Å². The average Bonchev–Trinajstić information content (AvgIpc) is 2.68. The number of carbonyl (C=O) groups excluding carboxylic acids is 1. The molecule has 0 saturated carbocycles. The summed E-state index contributed by atoms with van der Waals surface area (Å²) in [5.74, 6) is -0.519. The fraction of sp³-hybridized carbons (Fsp3) is 0.545. The lowest BCUT2D eigenvalue weighted by Gasteiger charge is -2.24. The molecule has 0 aliphatic heterocycles. The summed E-state index contributed by atoms with van der Waals surface area (Å²) < 4.78 is 4.94. The van der Waals surface area contributed by atoms with Crippen LogP contribution in [0.3, 0.4) is 0 Å². The van der Waals surface area contributed by atoms with Crippen molar-refractivity contribution in [2.75, 3.05) is 6.54 Å². The zero-order valence-electron chi connectivity index (χ0n) is 10.6. The maximum Gasteiger partial charge on any atom is 0.323 e. The second kappa shape index (κ2) is 6.04. The molecule has 0 aliphatic carbocycles. The summed E-state index contributed by atoms with van der Waals surface area (Å²) in [5, 5.41) is 15.0. The van der Waals surface area contributed by atoms with E-state index in [4.69, 9.17) is 9.63 Å². The van der Waals surface area contributed by atoms with E-state index in [-0.39, 0.29) is 19.1 Å². The minimum Gasteiger partial charge on any atom is -0.480 e. The molecule has 7 nitrogen and oxygen atoms in total. The lowest BCUT2D eigenvalue weighted by molar-refractivity contribution is -0.138. The van der Waals surface area contributed by atoms with E-state index >= 15 is 0 Å². The van der Waals surface area contributed by atoms with E-state index < -0.39 is 12.0 Å². The van der Waals surface area contributed by atoms with Gasteiger partial charge in [0.05, 0.1) is 12.2 Å². The van der Waals surface area contributed by atoms with Crippen molar-refractivity contribution < 1.29 is 19.2 Å². The Kier molecular flexibility index (Phi) is 4.70. The van der Waals surface area contributed by atoms with Crippen molar-refractivity contribution in [3.63, 3.8) is 0 Å². The molecule has 0 radical (unpaired) electrons. The van der Waals surface area contributed by atoms with Gasteiger partial charge in [0, 0.05) is 12.1 Å². The van der Waals surface area contributed by atoms with Gasteiger partial charge in [-0.1, -0.05) is 5.16 Å². The number of nitrogens with zero attached hydrogens (tertiary/aromatic N) is 2. The summed E-state index contributed by atoms with van der Waals surface area (Å²) in [6.07, 6.45) is 0. The standard InChI is InChI=1S/C11H17N3O4/c1-7(2)14(6-10(15)16)11(17)12-5-9-4-8(3)13-18-9/h4,7H,5-6H2,1-3H3,(H,12,17)(H,15,16). The van der Waals surface area contributed by atoms with E-state index in [0.717, 1.165) is 5.69 Å². The van der Waals surface area contributed by atoms with Gasteiger partial charge >= 0.3 is 12.0 Å². The van der Waals surface area contributed by atoms with Crippen molar-refractivity contribution in [2.45, 2.75) is 33.4 Å². The Balaban J connectivity index is 2.53. The average molecular weight is 255 g/mol. The molecule has 0 aromatic carbocycles. The van der Waals surface area contributed by atoms with Crippen molar-refractivity contribution in [2.24, 2.45) is 0 Å². The van der Waals surface area contributed by atoms with Crippen LogP contribution in [0.4, 0.5) is 4.79 Å². The first-order chi connectivity index (χ1) is 8.40. The van der Waals surface area contributed by atoms with E-state index in [0.29, 0.717) is 5.76 Å².